The zero-order valence-electron chi connectivity index (χ0n) is 7.19. The number of nitrogens with zero attached hydrogens (tertiary/aromatic N) is 1. The van der Waals surface area contributed by atoms with Crippen molar-refractivity contribution < 1.29 is 0 Å². The Bertz CT molecular complexity index is 248. The minimum absolute atomic E-state index is 0.347. The molecule has 0 saturated carbocycles. The average molecular weight is 237 g/mol. The maximum absolute atomic E-state index is 5.59. The highest BCUT2D eigenvalue weighted by molar-refractivity contribution is 8.99. The van der Waals surface area contributed by atoms with E-state index in [9.17, 15) is 0 Å². The number of hydrogen-bond acceptors (Lipinski definition) is 3. The number of rotatable bonds is 1. The van der Waals surface area contributed by atoms with E-state index in [1.54, 1.807) is 11.4 Å². The lowest BCUT2D eigenvalue weighted by Gasteiger charge is -2.36. The van der Waals surface area contributed by atoms with E-state index in [-0.39, 0.29) is 0 Å². The third kappa shape index (κ3) is 2.21. The molecular formula is C7H12NPS3. The van der Waals surface area contributed by atoms with Crippen LogP contribution in [0.25, 0.3) is 0 Å². The minimum Gasteiger partial charge on any atom is -0.262 e. The Morgan fingerprint density at radius 1 is 1.83 bits per heavy atom. The highest BCUT2D eigenvalue weighted by Gasteiger charge is 2.30. The van der Waals surface area contributed by atoms with Crippen LogP contribution in [-0.4, -0.2) is 29.8 Å². The molecule has 1 aliphatic rings. The van der Waals surface area contributed by atoms with Gasteiger partial charge in [-0.3, -0.25) is 4.67 Å². The predicted octanol–water partition coefficient (Wildman–Crippen LogP) is 2.64. The van der Waals surface area contributed by atoms with Gasteiger partial charge in [-0.15, -0.1) is 17.8 Å². The van der Waals surface area contributed by atoms with Gasteiger partial charge >= 0.3 is 0 Å². The third-order valence-corrected chi connectivity index (χ3v) is 13.9. The van der Waals surface area contributed by atoms with Gasteiger partial charge in [0.15, 0.2) is 0 Å². The molecule has 0 bridgehead atoms. The summed E-state index contributed by atoms with van der Waals surface area (Å²) in [5.74, 6) is 2.80. The summed E-state index contributed by atoms with van der Waals surface area (Å²) in [7, 11) is 2.11. The SMILES string of the molecule is C#CC1CCN(C)P(=S)(SC)S1. The normalized spacial score (nSPS) is 37.6. The van der Waals surface area contributed by atoms with E-state index in [1.807, 2.05) is 11.4 Å². The Hall–Kier alpha value is 0.870. The summed E-state index contributed by atoms with van der Waals surface area (Å²) in [6.07, 6.45) is 8.56. The van der Waals surface area contributed by atoms with Gasteiger partial charge in [-0.2, -0.15) is 0 Å². The van der Waals surface area contributed by atoms with Gasteiger partial charge in [0.1, 0.15) is 4.59 Å². The lowest BCUT2D eigenvalue weighted by Crippen LogP contribution is -2.22. The van der Waals surface area contributed by atoms with E-state index in [1.165, 1.54) is 0 Å². The largest absolute Gasteiger partial charge is 0.262 e. The first-order valence-corrected chi connectivity index (χ1v) is 9.71. The predicted molar refractivity (Wildman–Crippen MR) is 65.3 cm³/mol. The summed E-state index contributed by atoms with van der Waals surface area (Å²) < 4.78 is 0.897. The Labute approximate surface area is 87.6 Å². The molecule has 0 spiro atoms. The van der Waals surface area contributed by atoms with Crippen LogP contribution in [-0.2, 0) is 11.8 Å². The van der Waals surface area contributed by atoms with Crippen LogP contribution in [0.5, 0.6) is 0 Å². The molecule has 12 heavy (non-hydrogen) atoms. The highest BCUT2D eigenvalue weighted by Crippen LogP contribution is 2.73. The van der Waals surface area contributed by atoms with Crippen molar-refractivity contribution in [3.63, 3.8) is 0 Å². The molecule has 0 aromatic rings. The molecule has 2 unspecified atom stereocenters. The van der Waals surface area contributed by atoms with Crippen LogP contribution >= 0.6 is 27.4 Å². The molecule has 0 N–H and O–H groups in total. The second kappa shape index (κ2) is 4.39. The van der Waals surface area contributed by atoms with Crippen LogP contribution < -0.4 is 0 Å². The smallest absolute Gasteiger partial charge is 0.121 e. The molecule has 1 saturated heterocycles. The van der Waals surface area contributed by atoms with Gasteiger partial charge in [0, 0.05) is 6.54 Å². The zero-order valence-corrected chi connectivity index (χ0v) is 10.5. The lowest BCUT2D eigenvalue weighted by molar-refractivity contribution is 0.539. The van der Waals surface area contributed by atoms with Gasteiger partial charge < -0.3 is 0 Å². The first-order valence-electron chi connectivity index (χ1n) is 3.64. The van der Waals surface area contributed by atoms with E-state index in [4.69, 9.17) is 18.2 Å². The molecule has 0 aromatic carbocycles. The molecule has 2 atom stereocenters. The Kier molecular flexibility index (Phi) is 4.01. The van der Waals surface area contributed by atoms with Crippen molar-refractivity contribution in [1.82, 2.24) is 4.67 Å². The van der Waals surface area contributed by atoms with Crippen LogP contribution in [0, 0.1) is 12.3 Å². The molecule has 0 amide bonds. The molecule has 0 aromatic heterocycles. The molecule has 1 rings (SSSR count). The van der Waals surface area contributed by atoms with E-state index in [0.29, 0.717) is 5.25 Å². The summed E-state index contributed by atoms with van der Waals surface area (Å²) in [5.41, 5.74) is 0. The van der Waals surface area contributed by atoms with Gasteiger partial charge in [-0.05, 0) is 19.7 Å². The molecule has 1 fully saturated rings. The third-order valence-electron chi connectivity index (χ3n) is 1.81. The Morgan fingerprint density at radius 2 is 2.50 bits per heavy atom. The van der Waals surface area contributed by atoms with E-state index < -0.39 is 4.59 Å². The lowest BCUT2D eigenvalue weighted by atomic mass is 10.3. The number of hydrogen-bond donors (Lipinski definition) is 0. The van der Waals surface area contributed by atoms with Crippen molar-refractivity contribution in [1.29, 1.82) is 0 Å². The van der Waals surface area contributed by atoms with Gasteiger partial charge in [0.2, 0.25) is 0 Å². The van der Waals surface area contributed by atoms with Gasteiger partial charge in [-0.1, -0.05) is 29.1 Å². The van der Waals surface area contributed by atoms with Crippen molar-refractivity contribution in [2.75, 3.05) is 19.8 Å². The summed E-state index contributed by atoms with van der Waals surface area (Å²) in [4.78, 5) is 0. The van der Waals surface area contributed by atoms with Crippen LogP contribution in [0.3, 0.4) is 0 Å². The molecule has 5 heteroatoms. The van der Waals surface area contributed by atoms with Crippen LogP contribution in [0.15, 0.2) is 0 Å². The van der Waals surface area contributed by atoms with Crippen LogP contribution in [0.2, 0.25) is 0 Å². The molecule has 0 aliphatic carbocycles. The fourth-order valence-electron chi connectivity index (χ4n) is 1.02. The van der Waals surface area contributed by atoms with E-state index >= 15 is 0 Å². The fraction of sp³-hybridized carbons (Fsp3) is 0.714. The standard InChI is InChI=1S/C7H12NPS3/c1-4-7-5-6-8(2)9(10,11-3)12-7/h1,7H,5-6H2,2-3H3. The first-order chi connectivity index (χ1) is 5.62. The van der Waals surface area contributed by atoms with Gasteiger partial charge in [0.05, 0.1) is 5.25 Å². The monoisotopic (exact) mass is 237 g/mol. The molecule has 1 heterocycles. The summed E-state index contributed by atoms with van der Waals surface area (Å²) in [6.45, 7) is 1.06. The molecule has 0 radical (unpaired) electrons. The topological polar surface area (TPSA) is 3.24 Å². The van der Waals surface area contributed by atoms with Crippen LogP contribution in [0.1, 0.15) is 6.42 Å². The summed E-state index contributed by atoms with van der Waals surface area (Å²) in [6, 6.07) is 0. The number of terminal acetylenes is 1. The van der Waals surface area contributed by atoms with E-state index in [0.717, 1.165) is 13.0 Å². The quantitative estimate of drug-likeness (QED) is 0.509. The molecule has 68 valence electrons. The first kappa shape index (κ1) is 10.9. The minimum atomic E-state index is -1.40. The van der Waals surface area contributed by atoms with Crippen molar-refractivity contribution in [2.24, 2.45) is 0 Å². The fourth-order valence-corrected chi connectivity index (χ4v) is 8.92. The van der Waals surface area contributed by atoms with E-state index in [2.05, 4.69) is 23.9 Å². The second-order valence-electron chi connectivity index (χ2n) is 2.58. The molecule has 1 nitrogen and oxygen atoms in total. The highest BCUT2D eigenvalue weighted by atomic mass is 33.2. The average Bonchev–Trinajstić information content (AvgIpc) is 2.10. The summed E-state index contributed by atoms with van der Waals surface area (Å²) in [5, 5.41) is 0.347. The molecule has 1 aliphatic heterocycles. The van der Waals surface area contributed by atoms with Crippen molar-refractivity contribution in [3.05, 3.63) is 0 Å². The summed E-state index contributed by atoms with van der Waals surface area (Å²) >= 11 is 9.20. The maximum atomic E-state index is 5.59. The van der Waals surface area contributed by atoms with Crippen molar-refractivity contribution in [2.45, 2.75) is 11.7 Å². The van der Waals surface area contributed by atoms with Gasteiger partial charge in [0.25, 0.3) is 0 Å². The maximum Gasteiger partial charge on any atom is 0.121 e. The Morgan fingerprint density at radius 3 is 3.00 bits per heavy atom. The zero-order chi connectivity index (χ0) is 9.19. The van der Waals surface area contributed by atoms with Crippen LogP contribution in [0.4, 0.5) is 0 Å². The Balaban J connectivity index is 2.73. The van der Waals surface area contributed by atoms with Crippen molar-refractivity contribution >= 4 is 39.2 Å². The molecular weight excluding hydrogens is 225 g/mol. The van der Waals surface area contributed by atoms with Crippen molar-refractivity contribution in [3.8, 4) is 12.3 Å². The second-order valence-corrected chi connectivity index (χ2v) is 13.9. The van der Waals surface area contributed by atoms with Gasteiger partial charge in [-0.25, -0.2) is 0 Å².